The summed E-state index contributed by atoms with van der Waals surface area (Å²) in [5.74, 6) is 0. The van der Waals surface area contributed by atoms with E-state index in [2.05, 4.69) is 0 Å². The van der Waals surface area contributed by atoms with Crippen LogP contribution in [0.4, 0.5) is 0 Å². The first kappa shape index (κ1) is 82.1. The van der Waals surface area contributed by atoms with E-state index in [1.165, 1.54) is 0 Å². The van der Waals surface area contributed by atoms with Crippen molar-refractivity contribution < 1.29 is 64.4 Å². The Kier molecular flexibility index (Phi) is 771. The van der Waals surface area contributed by atoms with Gasteiger partial charge in [-0.2, -0.15) is 0 Å². The molecule has 5 heteroatoms. The summed E-state index contributed by atoms with van der Waals surface area (Å²) in [5, 5.41) is 0. The second kappa shape index (κ2) is 46.9. The first-order valence-corrected chi connectivity index (χ1v) is 0. The third-order valence-corrected chi connectivity index (χ3v) is 0. The van der Waals surface area contributed by atoms with Gasteiger partial charge in [0.2, 0.25) is 0 Å². The average Bonchev–Trinajstić information content (AvgIpc) is 0. The molecular formula is Cl2Fe2O. The van der Waals surface area contributed by atoms with E-state index in [4.69, 9.17) is 0 Å². The quantitative estimate of drug-likeness (QED) is 0.347. The maximum Gasteiger partial charge on any atom is 2.00 e. The van der Waals surface area contributed by atoms with Crippen LogP contribution >= 0.6 is 0 Å². The molecule has 36 valence electrons. The molecule has 0 aliphatic heterocycles. The van der Waals surface area contributed by atoms with Crippen molar-refractivity contribution >= 4 is 0 Å². The molecule has 0 heterocycles. The van der Waals surface area contributed by atoms with Gasteiger partial charge in [-0.15, -0.1) is 0 Å². The Morgan fingerprint density at radius 2 is 0.800 bits per heavy atom. The van der Waals surface area contributed by atoms with E-state index in [0.29, 0.717) is 0 Å². The van der Waals surface area contributed by atoms with Crippen molar-refractivity contribution in [2.24, 2.45) is 0 Å². The summed E-state index contributed by atoms with van der Waals surface area (Å²) in [6.45, 7) is 0. The molecule has 0 saturated heterocycles. The summed E-state index contributed by atoms with van der Waals surface area (Å²) in [5.41, 5.74) is 0. The van der Waals surface area contributed by atoms with Crippen molar-refractivity contribution in [3.8, 4) is 0 Å². The summed E-state index contributed by atoms with van der Waals surface area (Å²) in [4.78, 5) is 0. The molecule has 0 aliphatic carbocycles. The first-order valence-electron chi connectivity index (χ1n) is 0. The van der Waals surface area contributed by atoms with Gasteiger partial charge in [0.05, 0.1) is 0 Å². The third kappa shape index (κ3) is 28.7. The van der Waals surface area contributed by atoms with Gasteiger partial charge in [-0.3, -0.25) is 0 Å². The predicted molar refractivity (Wildman–Crippen MR) is 0.686 cm³/mol. The van der Waals surface area contributed by atoms with Crippen molar-refractivity contribution in [3.05, 3.63) is 0 Å². The van der Waals surface area contributed by atoms with Crippen LogP contribution in [0.5, 0.6) is 0 Å². The Morgan fingerprint density at radius 1 is 0.800 bits per heavy atom. The summed E-state index contributed by atoms with van der Waals surface area (Å²) in [7, 11) is 0. The summed E-state index contributed by atoms with van der Waals surface area (Å²) >= 11 is 0. The zero-order chi connectivity index (χ0) is 0. The molecule has 0 aromatic heterocycles. The second-order valence-corrected chi connectivity index (χ2v) is 0. The molecule has 0 aromatic rings. The molecule has 0 fully saturated rings. The molecule has 0 bridgehead atoms. The van der Waals surface area contributed by atoms with Crippen LogP contribution in [0.25, 0.3) is 0 Å². The number of hydrogen-bond donors (Lipinski definition) is 0. The van der Waals surface area contributed by atoms with E-state index < -0.39 is 0 Å². The molecule has 0 unspecified atom stereocenters. The topological polar surface area (TPSA) is 28.5 Å². The van der Waals surface area contributed by atoms with Crippen LogP contribution in [0.3, 0.4) is 0 Å². The smallest absolute Gasteiger partial charge is 1.00 e. The Morgan fingerprint density at radius 3 is 0.800 bits per heavy atom. The molecule has 0 aromatic carbocycles. The SMILES string of the molecule is [Cl-].[Cl-].[Fe+2].[Fe].[O]. The maximum absolute atomic E-state index is 0. The van der Waals surface area contributed by atoms with E-state index in [1.807, 2.05) is 0 Å². The van der Waals surface area contributed by atoms with Crippen LogP contribution in [-0.4, -0.2) is 0 Å². The van der Waals surface area contributed by atoms with Crippen LogP contribution in [0.2, 0.25) is 0 Å². The molecule has 0 spiro atoms. The summed E-state index contributed by atoms with van der Waals surface area (Å²) in [6.07, 6.45) is 0. The zero-order valence-electron chi connectivity index (χ0n) is 1.87. The third-order valence-electron chi connectivity index (χ3n) is 0. The average molecular weight is 199 g/mol. The van der Waals surface area contributed by atoms with E-state index >= 15 is 0 Å². The van der Waals surface area contributed by atoms with E-state index in [-0.39, 0.29) is 64.4 Å². The Balaban J connectivity index is 0. The standard InChI is InChI=1S/2ClH.2Fe.O/h2*1H;;;/q;;;+2;/p-2. The first-order chi connectivity index (χ1) is 0. The molecule has 0 N–H and O–H groups in total. The molecule has 5 heavy (non-hydrogen) atoms. The van der Waals surface area contributed by atoms with Crippen molar-refractivity contribution in [1.82, 2.24) is 0 Å². The van der Waals surface area contributed by atoms with Crippen molar-refractivity contribution in [3.63, 3.8) is 0 Å². The van der Waals surface area contributed by atoms with Gasteiger partial charge in [-0.1, -0.05) is 0 Å². The van der Waals surface area contributed by atoms with Crippen LogP contribution in [0.15, 0.2) is 0 Å². The molecule has 0 amide bonds. The molecule has 0 rings (SSSR count). The van der Waals surface area contributed by atoms with Gasteiger partial charge in [0, 0.05) is 22.5 Å². The molecule has 0 saturated carbocycles. The second-order valence-electron chi connectivity index (χ2n) is 0. The van der Waals surface area contributed by atoms with E-state index in [1.54, 1.807) is 0 Å². The Bertz CT molecular complexity index is 7.61. The van der Waals surface area contributed by atoms with Crippen LogP contribution in [0, 0.1) is 0 Å². The molecule has 0 atom stereocenters. The van der Waals surface area contributed by atoms with E-state index in [0.717, 1.165) is 0 Å². The molecular weight excluding hydrogens is 199 g/mol. The van der Waals surface area contributed by atoms with Gasteiger partial charge in [0.15, 0.2) is 0 Å². The van der Waals surface area contributed by atoms with Crippen molar-refractivity contribution in [2.75, 3.05) is 0 Å². The van der Waals surface area contributed by atoms with Gasteiger partial charge < -0.3 is 24.8 Å². The monoisotopic (exact) mass is 198 g/mol. The van der Waals surface area contributed by atoms with Gasteiger partial charge >= 0.3 is 17.1 Å². The van der Waals surface area contributed by atoms with Gasteiger partial charge in [0.25, 0.3) is 0 Å². The number of hydrogen-bond acceptors (Lipinski definition) is 0. The van der Waals surface area contributed by atoms with Crippen molar-refractivity contribution in [2.45, 2.75) is 0 Å². The predicted octanol–water partition coefficient (Wildman–Crippen LogP) is -6.12. The fourth-order valence-electron chi connectivity index (χ4n) is 0. The molecule has 0 aliphatic rings. The fraction of sp³-hybridized carbons (Fsp3) is 0. The number of rotatable bonds is 0. The van der Waals surface area contributed by atoms with E-state index in [9.17, 15) is 0 Å². The molecule has 2 radical (unpaired) electrons. The number of halogens is 2. The van der Waals surface area contributed by atoms with Gasteiger partial charge in [-0.25, -0.2) is 0 Å². The Labute approximate surface area is 64.3 Å². The van der Waals surface area contributed by atoms with Gasteiger partial charge in [-0.05, 0) is 0 Å². The van der Waals surface area contributed by atoms with Crippen molar-refractivity contribution in [1.29, 1.82) is 0 Å². The zero-order valence-corrected chi connectivity index (χ0v) is 5.59. The van der Waals surface area contributed by atoms with Gasteiger partial charge in [0.1, 0.15) is 0 Å². The minimum atomic E-state index is 0. The minimum Gasteiger partial charge on any atom is -1.00 e. The molecule has 1 nitrogen and oxygen atoms in total. The maximum atomic E-state index is 0. The van der Waals surface area contributed by atoms with Crippen LogP contribution in [0.1, 0.15) is 0 Å². The van der Waals surface area contributed by atoms with Crippen LogP contribution < -0.4 is 24.8 Å². The Hall–Kier alpha value is 1.58. The largest absolute Gasteiger partial charge is 2.00 e. The fourth-order valence-corrected chi connectivity index (χ4v) is 0. The summed E-state index contributed by atoms with van der Waals surface area (Å²) in [6, 6.07) is 0. The summed E-state index contributed by atoms with van der Waals surface area (Å²) < 4.78 is 0. The van der Waals surface area contributed by atoms with Crippen LogP contribution in [-0.2, 0) is 39.6 Å². The normalized spacial score (nSPS) is 0. The minimum absolute atomic E-state index is 0.